The standard InChI is InChI=1S/C21H19N3O4S/c25-21(16-23-29(26,27)20-12-5-2-6-13-20)24-22-15-17-8-7-11-19(14-17)28-18-9-3-1-4-10-18/h1-15,23H,16H2,(H,24,25)/b22-15+. The van der Waals surface area contributed by atoms with E-state index in [0.717, 1.165) is 0 Å². The minimum atomic E-state index is -3.75. The summed E-state index contributed by atoms with van der Waals surface area (Å²) in [6.07, 6.45) is 1.45. The average molecular weight is 409 g/mol. The molecule has 8 heteroatoms. The zero-order chi connectivity index (χ0) is 20.5. The number of benzene rings is 3. The Morgan fingerprint density at radius 1 is 0.897 bits per heavy atom. The first kappa shape index (κ1) is 20.2. The second kappa shape index (κ2) is 9.63. The van der Waals surface area contributed by atoms with Crippen LogP contribution in [-0.2, 0) is 14.8 Å². The van der Waals surface area contributed by atoms with Gasteiger partial charge in [-0.05, 0) is 42.0 Å². The van der Waals surface area contributed by atoms with E-state index in [1.54, 1.807) is 42.5 Å². The van der Waals surface area contributed by atoms with E-state index in [2.05, 4.69) is 15.2 Å². The average Bonchev–Trinajstić information content (AvgIpc) is 2.74. The molecular weight excluding hydrogens is 390 g/mol. The van der Waals surface area contributed by atoms with Gasteiger partial charge < -0.3 is 4.74 Å². The molecule has 0 unspecified atom stereocenters. The Kier molecular flexibility index (Phi) is 6.72. The Hall–Kier alpha value is -3.49. The summed E-state index contributed by atoms with van der Waals surface area (Å²) < 4.78 is 32.1. The Morgan fingerprint density at radius 2 is 1.55 bits per heavy atom. The number of hydrogen-bond acceptors (Lipinski definition) is 5. The van der Waals surface area contributed by atoms with Crippen molar-refractivity contribution in [1.82, 2.24) is 10.1 Å². The molecule has 0 aliphatic carbocycles. The van der Waals surface area contributed by atoms with Crippen LogP contribution in [0, 0.1) is 0 Å². The fourth-order valence-corrected chi connectivity index (χ4v) is 3.35. The van der Waals surface area contributed by atoms with E-state index in [0.29, 0.717) is 17.1 Å². The summed E-state index contributed by atoms with van der Waals surface area (Å²) in [5.41, 5.74) is 3.00. The van der Waals surface area contributed by atoms with Gasteiger partial charge in [0.2, 0.25) is 10.0 Å². The summed E-state index contributed by atoms with van der Waals surface area (Å²) in [5, 5.41) is 3.85. The quantitative estimate of drug-likeness (QED) is 0.442. The van der Waals surface area contributed by atoms with Crippen molar-refractivity contribution in [1.29, 1.82) is 0 Å². The lowest BCUT2D eigenvalue weighted by Crippen LogP contribution is -2.34. The smallest absolute Gasteiger partial charge is 0.255 e. The molecule has 0 spiro atoms. The number of nitrogens with zero attached hydrogens (tertiary/aromatic N) is 1. The molecule has 1 amide bonds. The third-order valence-electron chi connectivity index (χ3n) is 3.72. The van der Waals surface area contributed by atoms with Gasteiger partial charge in [0, 0.05) is 0 Å². The van der Waals surface area contributed by atoms with E-state index in [4.69, 9.17) is 4.74 Å². The minimum Gasteiger partial charge on any atom is -0.457 e. The third kappa shape index (κ3) is 6.27. The molecule has 0 radical (unpaired) electrons. The highest BCUT2D eigenvalue weighted by Gasteiger charge is 2.14. The van der Waals surface area contributed by atoms with Crippen LogP contribution in [0.1, 0.15) is 5.56 Å². The van der Waals surface area contributed by atoms with Gasteiger partial charge in [-0.25, -0.2) is 18.6 Å². The maximum Gasteiger partial charge on any atom is 0.255 e. The lowest BCUT2D eigenvalue weighted by molar-refractivity contribution is -0.119. The largest absolute Gasteiger partial charge is 0.457 e. The van der Waals surface area contributed by atoms with Crippen LogP contribution in [0.4, 0.5) is 0 Å². The summed E-state index contributed by atoms with van der Waals surface area (Å²) in [7, 11) is -3.75. The first-order valence-electron chi connectivity index (χ1n) is 8.72. The second-order valence-corrected chi connectivity index (χ2v) is 7.69. The topological polar surface area (TPSA) is 96.9 Å². The van der Waals surface area contributed by atoms with Crippen LogP contribution in [0.25, 0.3) is 0 Å². The van der Waals surface area contributed by atoms with Gasteiger partial charge in [0.05, 0.1) is 17.7 Å². The molecule has 3 aromatic carbocycles. The number of amides is 1. The molecule has 0 fully saturated rings. The van der Waals surface area contributed by atoms with Crippen molar-refractivity contribution in [2.24, 2.45) is 5.10 Å². The van der Waals surface area contributed by atoms with Crippen molar-refractivity contribution < 1.29 is 17.9 Å². The molecule has 7 nitrogen and oxygen atoms in total. The molecule has 0 heterocycles. The first-order chi connectivity index (χ1) is 14.0. The molecule has 3 rings (SSSR count). The fraction of sp³-hybridized carbons (Fsp3) is 0.0476. The van der Waals surface area contributed by atoms with Gasteiger partial charge in [0.15, 0.2) is 0 Å². The van der Waals surface area contributed by atoms with E-state index in [1.807, 2.05) is 30.3 Å². The Balaban J connectivity index is 1.52. The molecule has 148 valence electrons. The van der Waals surface area contributed by atoms with Crippen molar-refractivity contribution in [3.63, 3.8) is 0 Å². The molecule has 0 saturated heterocycles. The third-order valence-corrected chi connectivity index (χ3v) is 5.13. The van der Waals surface area contributed by atoms with Crippen LogP contribution in [0.3, 0.4) is 0 Å². The van der Waals surface area contributed by atoms with Gasteiger partial charge in [0.1, 0.15) is 11.5 Å². The van der Waals surface area contributed by atoms with Gasteiger partial charge >= 0.3 is 0 Å². The maximum atomic E-state index is 12.1. The van der Waals surface area contributed by atoms with Crippen LogP contribution >= 0.6 is 0 Å². The number of rotatable bonds is 8. The zero-order valence-electron chi connectivity index (χ0n) is 15.4. The normalized spacial score (nSPS) is 11.3. The first-order valence-corrected chi connectivity index (χ1v) is 10.2. The predicted molar refractivity (Wildman–Crippen MR) is 110 cm³/mol. The van der Waals surface area contributed by atoms with Crippen molar-refractivity contribution in [2.75, 3.05) is 6.54 Å². The lowest BCUT2D eigenvalue weighted by Gasteiger charge is -2.06. The number of ether oxygens (including phenoxy) is 1. The van der Waals surface area contributed by atoms with Gasteiger partial charge in [0.25, 0.3) is 5.91 Å². The van der Waals surface area contributed by atoms with E-state index < -0.39 is 22.5 Å². The number of carbonyl (C=O) groups excluding carboxylic acids is 1. The molecule has 3 aromatic rings. The SMILES string of the molecule is O=C(CNS(=O)(=O)c1ccccc1)N/N=C/c1cccc(Oc2ccccc2)c1. The van der Waals surface area contributed by atoms with E-state index in [9.17, 15) is 13.2 Å². The highest BCUT2D eigenvalue weighted by atomic mass is 32.2. The van der Waals surface area contributed by atoms with Gasteiger partial charge in [-0.1, -0.05) is 48.5 Å². The predicted octanol–water partition coefficient (Wildman–Crippen LogP) is 2.91. The van der Waals surface area contributed by atoms with Crippen molar-refractivity contribution in [3.8, 4) is 11.5 Å². The van der Waals surface area contributed by atoms with E-state index in [-0.39, 0.29) is 4.90 Å². The summed E-state index contributed by atoms with van der Waals surface area (Å²) in [6.45, 7) is -0.425. The van der Waals surface area contributed by atoms with Crippen LogP contribution in [-0.4, -0.2) is 27.1 Å². The van der Waals surface area contributed by atoms with Crippen LogP contribution in [0.15, 0.2) is 94.9 Å². The number of sulfonamides is 1. The number of nitrogens with one attached hydrogen (secondary N) is 2. The Labute approximate surface area is 169 Å². The van der Waals surface area contributed by atoms with Gasteiger partial charge in [-0.15, -0.1) is 0 Å². The number of hydrazone groups is 1. The van der Waals surface area contributed by atoms with Crippen molar-refractivity contribution >= 4 is 22.1 Å². The maximum absolute atomic E-state index is 12.1. The molecule has 29 heavy (non-hydrogen) atoms. The molecule has 0 atom stereocenters. The summed E-state index contributed by atoms with van der Waals surface area (Å²) in [6, 6.07) is 24.3. The summed E-state index contributed by atoms with van der Waals surface area (Å²) in [5.74, 6) is 0.750. The number of carbonyl (C=O) groups is 1. The lowest BCUT2D eigenvalue weighted by atomic mass is 10.2. The molecule has 0 saturated carbocycles. The number of hydrogen-bond donors (Lipinski definition) is 2. The summed E-state index contributed by atoms with van der Waals surface area (Å²) >= 11 is 0. The molecule has 2 N–H and O–H groups in total. The Morgan fingerprint density at radius 3 is 2.28 bits per heavy atom. The molecule has 0 bridgehead atoms. The van der Waals surface area contributed by atoms with Crippen LogP contribution in [0.2, 0.25) is 0 Å². The highest BCUT2D eigenvalue weighted by Crippen LogP contribution is 2.21. The molecule has 0 aliphatic rings. The van der Waals surface area contributed by atoms with E-state index >= 15 is 0 Å². The van der Waals surface area contributed by atoms with Gasteiger partial charge in [-0.3, -0.25) is 4.79 Å². The molecular formula is C21H19N3O4S. The Bertz CT molecular complexity index is 1090. The monoisotopic (exact) mass is 409 g/mol. The van der Waals surface area contributed by atoms with Crippen molar-refractivity contribution in [3.05, 3.63) is 90.5 Å². The van der Waals surface area contributed by atoms with Crippen LogP contribution < -0.4 is 14.9 Å². The fourth-order valence-electron chi connectivity index (χ4n) is 2.34. The van der Waals surface area contributed by atoms with E-state index in [1.165, 1.54) is 18.3 Å². The zero-order valence-corrected chi connectivity index (χ0v) is 16.2. The molecule has 0 aliphatic heterocycles. The number of para-hydroxylation sites is 1. The minimum absolute atomic E-state index is 0.0894. The van der Waals surface area contributed by atoms with Crippen molar-refractivity contribution in [2.45, 2.75) is 4.90 Å². The molecule has 0 aromatic heterocycles. The second-order valence-electron chi connectivity index (χ2n) is 5.92. The van der Waals surface area contributed by atoms with Gasteiger partial charge in [-0.2, -0.15) is 5.10 Å². The summed E-state index contributed by atoms with van der Waals surface area (Å²) in [4.78, 5) is 11.9. The van der Waals surface area contributed by atoms with Crippen LogP contribution in [0.5, 0.6) is 11.5 Å². The highest BCUT2D eigenvalue weighted by molar-refractivity contribution is 7.89.